The Labute approximate surface area is 167 Å². The monoisotopic (exact) mass is 461 g/mol. The molecule has 1 amide bonds. The zero-order valence-electron chi connectivity index (χ0n) is 12.6. The lowest BCUT2D eigenvalue weighted by Gasteiger charge is -2.09. The molecule has 0 fully saturated rings. The highest BCUT2D eigenvalue weighted by atomic mass is 79.9. The maximum Gasteiger partial charge on any atom is 0.255 e. The zero-order chi connectivity index (χ0) is 18.6. The first kappa shape index (κ1) is 19.8. The Hall–Kier alpha value is -1.53. The normalized spacial score (nSPS) is 10.9. The van der Waals surface area contributed by atoms with Crippen molar-refractivity contribution < 1.29 is 14.3 Å². The highest BCUT2D eigenvalue weighted by molar-refractivity contribution is 9.10. The first-order valence-electron chi connectivity index (χ1n) is 6.86. The van der Waals surface area contributed by atoms with Crippen LogP contribution in [0.1, 0.15) is 15.9 Å². The Bertz CT molecular complexity index is 868. The fourth-order valence-corrected chi connectivity index (χ4v) is 2.94. The van der Waals surface area contributed by atoms with Crippen molar-refractivity contribution in [1.29, 1.82) is 0 Å². The molecule has 0 atom stereocenters. The van der Waals surface area contributed by atoms with Gasteiger partial charge in [-0.3, -0.25) is 9.59 Å². The number of ether oxygens (including phenoxy) is 1. The van der Waals surface area contributed by atoms with Gasteiger partial charge in [0.15, 0.2) is 12.4 Å². The number of carbonyl (C=O) groups excluding carboxylic acids is 2. The molecule has 130 valence electrons. The first-order chi connectivity index (χ1) is 11.8. The van der Waals surface area contributed by atoms with Crippen LogP contribution in [0, 0.1) is 0 Å². The van der Waals surface area contributed by atoms with Gasteiger partial charge < -0.3 is 10.5 Å². The minimum atomic E-state index is -0.644. The molecule has 2 aromatic carbocycles. The molecule has 25 heavy (non-hydrogen) atoms. The lowest BCUT2D eigenvalue weighted by Crippen LogP contribution is -2.20. The van der Waals surface area contributed by atoms with E-state index in [9.17, 15) is 9.59 Å². The van der Waals surface area contributed by atoms with E-state index in [1.807, 2.05) is 0 Å². The molecule has 4 nitrogen and oxygen atoms in total. The number of primary amides is 1. The Morgan fingerprint density at radius 1 is 1.12 bits per heavy atom. The summed E-state index contributed by atoms with van der Waals surface area (Å²) in [5.74, 6) is -0.776. The van der Waals surface area contributed by atoms with Gasteiger partial charge in [-0.05, 0) is 42.5 Å². The van der Waals surface area contributed by atoms with Crippen LogP contribution >= 0.6 is 50.7 Å². The second kappa shape index (κ2) is 8.72. The molecule has 0 unspecified atom stereocenters. The molecule has 2 rings (SSSR count). The number of amides is 1. The van der Waals surface area contributed by atoms with E-state index in [2.05, 4.69) is 15.9 Å². The van der Waals surface area contributed by atoms with Gasteiger partial charge >= 0.3 is 0 Å². The van der Waals surface area contributed by atoms with Gasteiger partial charge in [0.2, 0.25) is 0 Å². The summed E-state index contributed by atoms with van der Waals surface area (Å²) >= 11 is 21.4. The minimum Gasteiger partial charge on any atom is -0.483 e. The van der Waals surface area contributed by atoms with Gasteiger partial charge in [-0.25, -0.2) is 0 Å². The number of rotatable bonds is 6. The van der Waals surface area contributed by atoms with Crippen molar-refractivity contribution in [3.63, 3.8) is 0 Å². The van der Waals surface area contributed by atoms with E-state index in [1.165, 1.54) is 12.2 Å². The molecule has 0 saturated carbocycles. The third-order valence-corrected chi connectivity index (χ3v) is 4.70. The summed E-state index contributed by atoms with van der Waals surface area (Å²) in [6.07, 6.45) is 2.76. The average molecular weight is 464 g/mol. The molecule has 0 aliphatic carbocycles. The van der Waals surface area contributed by atoms with E-state index < -0.39 is 5.91 Å². The highest BCUT2D eigenvalue weighted by Crippen LogP contribution is 2.32. The summed E-state index contributed by atoms with van der Waals surface area (Å²) in [5.41, 5.74) is 5.75. The molecule has 0 aliphatic heterocycles. The summed E-state index contributed by atoms with van der Waals surface area (Å²) in [5, 5.41) is 0.932. The molecule has 0 radical (unpaired) electrons. The Kier molecular flexibility index (Phi) is 6.90. The van der Waals surface area contributed by atoms with Crippen LogP contribution in [-0.2, 0) is 4.79 Å². The molecule has 0 aromatic heterocycles. The number of benzene rings is 2. The molecule has 2 aromatic rings. The molecule has 0 aliphatic rings. The second-order valence-electron chi connectivity index (χ2n) is 4.85. The van der Waals surface area contributed by atoms with E-state index in [0.717, 1.165) is 0 Å². The van der Waals surface area contributed by atoms with E-state index in [-0.39, 0.29) is 28.7 Å². The van der Waals surface area contributed by atoms with Crippen molar-refractivity contribution in [2.24, 2.45) is 5.73 Å². The van der Waals surface area contributed by atoms with Crippen LogP contribution in [0.3, 0.4) is 0 Å². The van der Waals surface area contributed by atoms with Crippen molar-refractivity contribution in [2.75, 3.05) is 6.61 Å². The van der Waals surface area contributed by atoms with Crippen LogP contribution in [0.25, 0.3) is 6.08 Å². The number of hydrogen-bond donors (Lipinski definition) is 1. The largest absolute Gasteiger partial charge is 0.483 e. The van der Waals surface area contributed by atoms with Crippen molar-refractivity contribution in [3.05, 3.63) is 67.1 Å². The topological polar surface area (TPSA) is 69.4 Å². The van der Waals surface area contributed by atoms with E-state index in [0.29, 0.717) is 20.1 Å². The standard InChI is InChI=1S/C17H11BrCl3NO3/c18-9-1-6-15(25-8-16(22)24)11(7-9)14(23)5-2-10-12(19)3-4-13(20)17(10)21/h1-7H,8H2,(H2,22,24)/b5-2+. The molecule has 0 heterocycles. The Morgan fingerprint density at radius 3 is 2.48 bits per heavy atom. The van der Waals surface area contributed by atoms with Crippen molar-refractivity contribution in [1.82, 2.24) is 0 Å². The second-order valence-corrected chi connectivity index (χ2v) is 6.96. The third kappa shape index (κ3) is 5.22. The van der Waals surface area contributed by atoms with Gasteiger partial charge in [0.25, 0.3) is 5.91 Å². The zero-order valence-corrected chi connectivity index (χ0v) is 16.4. The molecular formula is C17H11BrCl3NO3. The SMILES string of the molecule is NC(=O)COc1ccc(Br)cc1C(=O)/C=C/c1c(Cl)ccc(Cl)c1Cl. The maximum atomic E-state index is 12.5. The van der Waals surface area contributed by atoms with Crippen LogP contribution in [0.2, 0.25) is 15.1 Å². The number of halogens is 4. The van der Waals surface area contributed by atoms with E-state index in [1.54, 1.807) is 30.3 Å². The number of carbonyl (C=O) groups is 2. The minimum absolute atomic E-state index is 0.236. The fourth-order valence-electron chi connectivity index (χ4n) is 1.91. The van der Waals surface area contributed by atoms with Gasteiger partial charge in [-0.1, -0.05) is 50.7 Å². The molecule has 0 saturated heterocycles. The van der Waals surface area contributed by atoms with Gasteiger partial charge in [-0.2, -0.15) is 0 Å². The summed E-state index contributed by atoms with van der Waals surface area (Å²) in [6.45, 7) is -0.336. The van der Waals surface area contributed by atoms with Gasteiger partial charge in [-0.15, -0.1) is 0 Å². The van der Waals surface area contributed by atoms with Crippen LogP contribution < -0.4 is 10.5 Å². The number of ketones is 1. The third-order valence-electron chi connectivity index (χ3n) is 3.06. The van der Waals surface area contributed by atoms with Crippen LogP contribution in [0.5, 0.6) is 5.75 Å². The van der Waals surface area contributed by atoms with Crippen molar-refractivity contribution >= 4 is 68.5 Å². The average Bonchev–Trinajstić information content (AvgIpc) is 2.56. The Balaban J connectivity index is 2.33. The molecule has 2 N–H and O–H groups in total. The summed E-state index contributed by atoms with van der Waals surface area (Å²) < 4.78 is 5.95. The Morgan fingerprint density at radius 2 is 1.80 bits per heavy atom. The quantitative estimate of drug-likeness (QED) is 0.365. The molecule has 8 heteroatoms. The van der Waals surface area contributed by atoms with Crippen LogP contribution in [0.4, 0.5) is 0 Å². The highest BCUT2D eigenvalue weighted by Gasteiger charge is 2.13. The van der Waals surface area contributed by atoms with Crippen molar-refractivity contribution in [2.45, 2.75) is 0 Å². The number of allylic oxidation sites excluding steroid dienone is 1. The van der Waals surface area contributed by atoms with Crippen molar-refractivity contribution in [3.8, 4) is 5.75 Å². The van der Waals surface area contributed by atoms with Gasteiger partial charge in [0.1, 0.15) is 5.75 Å². The van der Waals surface area contributed by atoms with E-state index >= 15 is 0 Å². The predicted octanol–water partition coefficient (Wildman–Crippen LogP) is 5.17. The molecule has 0 spiro atoms. The lowest BCUT2D eigenvalue weighted by molar-refractivity contribution is -0.119. The summed E-state index contributed by atoms with van der Waals surface area (Å²) in [6, 6.07) is 7.97. The molecular weight excluding hydrogens is 452 g/mol. The fraction of sp³-hybridized carbons (Fsp3) is 0.0588. The van der Waals surface area contributed by atoms with Gasteiger partial charge in [0.05, 0.1) is 15.6 Å². The maximum absolute atomic E-state index is 12.5. The number of nitrogens with two attached hydrogens (primary N) is 1. The number of hydrogen-bond acceptors (Lipinski definition) is 3. The first-order valence-corrected chi connectivity index (χ1v) is 8.79. The summed E-state index contributed by atoms with van der Waals surface area (Å²) in [7, 11) is 0. The molecule has 0 bridgehead atoms. The van der Waals surface area contributed by atoms with Gasteiger partial charge in [0, 0.05) is 15.1 Å². The smallest absolute Gasteiger partial charge is 0.255 e. The lowest BCUT2D eigenvalue weighted by atomic mass is 10.1. The van der Waals surface area contributed by atoms with E-state index in [4.69, 9.17) is 45.3 Å². The predicted molar refractivity (Wildman–Crippen MR) is 104 cm³/mol. The summed E-state index contributed by atoms with van der Waals surface area (Å²) in [4.78, 5) is 23.4. The van der Waals surface area contributed by atoms with Crippen LogP contribution in [0.15, 0.2) is 40.9 Å². The van der Waals surface area contributed by atoms with Crippen LogP contribution in [-0.4, -0.2) is 18.3 Å².